The van der Waals surface area contributed by atoms with Crippen molar-refractivity contribution in [1.82, 2.24) is 0 Å². The summed E-state index contributed by atoms with van der Waals surface area (Å²) in [7, 11) is 1.66. The molecule has 0 fully saturated rings. The molecular formula is C13H18IN3O. The van der Waals surface area contributed by atoms with E-state index in [4.69, 9.17) is 10.5 Å². The van der Waals surface area contributed by atoms with Crippen LogP contribution in [-0.2, 0) is 11.3 Å². The number of guanidine groups is 1. The van der Waals surface area contributed by atoms with E-state index in [1.807, 2.05) is 24.3 Å². The molecule has 0 aliphatic carbocycles. The summed E-state index contributed by atoms with van der Waals surface area (Å²) >= 11 is 0. The van der Waals surface area contributed by atoms with E-state index in [0.717, 1.165) is 11.3 Å². The molecular weight excluding hydrogens is 341 g/mol. The number of halogens is 1. The van der Waals surface area contributed by atoms with Gasteiger partial charge in [-0.25, -0.2) is 4.99 Å². The first-order valence-corrected chi connectivity index (χ1v) is 5.31. The number of nitrogens with one attached hydrogen (secondary N) is 1. The first kappa shape index (κ1) is 16.7. The highest BCUT2D eigenvalue weighted by atomic mass is 127. The zero-order valence-electron chi connectivity index (χ0n) is 10.6. The molecule has 1 aromatic carbocycles. The Kier molecular flexibility index (Phi) is 9.06. The predicted molar refractivity (Wildman–Crippen MR) is 86.1 cm³/mol. The molecule has 0 aliphatic rings. The normalized spacial score (nSPS) is 10.0. The van der Waals surface area contributed by atoms with E-state index in [9.17, 15) is 0 Å². The van der Waals surface area contributed by atoms with E-state index in [-0.39, 0.29) is 24.0 Å². The molecule has 3 N–H and O–H groups in total. The summed E-state index contributed by atoms with van der Waals surface area (Å²) in [5.74, 6) is 5.94. The number of hydrogen-bond donors (Lipinski definition) is 2. The maximum atomic E-state index is 5.74. The summed E-state index contributed by atoms with van der Waals surface area (Å²) in [5.41, 5.74) is 7.68. The smallest absolute Gasteiger partial charge is 0.194 e. The Labute approximate surface area is 125 Å². The lowest BCUT2D eigenvalue weighted by atomic mass is 10.2. The van der Waals surface area contributed by atoms with E-state index in [0.29, 0.717) is 19.1 Å². The van der Waals surface area contributed by atoms with Gasteiger partial charge in [0, 0.05) is 18.4 Å². The molecule has 5 heteroatoms. The number of nitrogens with zero attached hydrogens (tertiary/aromatic N) is 1. The van der Waals surface area contributed by atoms with Crippen molar-refractivity contribution in [3.05, 3.63) is 29.8 Å². The van der Waals surface area contributed by atoms with Gasteiger partial charge in [-0.15, -0.1) is 29.9 Å². The average molecular weight is 359 g/mol. The molecule has 0 spiro atoms. The lowest BCUT2D eigenvalue weighted by Crippen LogP contribution is -2.23. The Balaban J connectivity index is 0.00000289. The summed E-state index contributed by atoms with van der Waals surface area (Å²) in [5, 5.41) is 3.03. The minimum atomic E-state index is 0. The van der Waals surface area contributed by atoms with Crippen molar-refractivity contribution in [3.63, 3.8) is 0 Å². The Bertz CT molecular complexity index is 449. The van der Waals surface area contributed by atoms with E-state index in [2.05, 4.69) is 22.2 Å². The standard InChI is InChI=1S/C13H17N3O.HI/c1-3-4-9-15-13(14)16-12-8-6-5-7-11(12)10-17-2;/h5-8H,9-10H2,1-2H3,(H3,14,15,16);1H. The van der Waals surface area contributed by atoms with Gasteiger partial charge in [-0.3, -0.25) is 0 Å². The number of ether oxygens (including phenoxy) is 1. The molecule has 0 bridgehead atoms. The van der Waals surface area contributed by atoms with Crippen LogP contribution in [0.5, 0.6) is 0 Å². The first-order chi connectivity index (χ1) is 8.27. The van der Waals surface area contributed by atoms with Crippen molar-refractivity contribution in [1.29, 1.82) is 0 Å². The number of para-hydroxylation sites is 1. The van der Waals surface area contributed by atoms with Gasteiger partial charge in [-0.05, 0) is 13.0 Å². The molecule has 0 aliphatic heterocycles. The second-order valence-corrected chi connectivity index (χ2v) is 3.34. The maximum absolute atomic E-state index is 5.74. The third-order valence-corrected chi connectivity index (χ3v) is 2.09. The molecule has 0 heterocycles. The van der Waals surface area contributed by atoms with Crippen LogP contribution in [0, 0.1) is 11.8 Å². The summed E-state index contributed by atoms with van der Waals surface area (Å²) < 4.78 is 5.11. The molecule has 0 unspecified atom stereocenters. The zero-order chi connectivity index (χ0) is 12.5. The van der Waals surface area contributed by atoms with Crippen LogP contribution in [0.2, 0.25) is 0 Å². The van der Waals surface area contributed by atoms with Crippen molar-refractivity contribution in [2.24, 2.45) is 10.7 Å². The van der Waals surface area contributed by atoms with Crippen molar-refractivity contribution >= 4 is 35.6 Å². The van der Waals surface area contributed by atoms with Gasteiger partial charge in [0.15, 0.2) is 5.96 Å². The molecule has 0 amide bonds. The molecule has 98 valence electrons. The average Bonchev–Trinajstić information content (AvgIpc) is 2.32. The van der Waals surface area contributed by atoms with Crippen LogP contribution in [-0.4, -0.2) is 19.6 Å². The number of anilines is 1. The van der Waals surface area contributed by atoms with Crippen LogP contribution in [0.3, 0.4) is 0 Å². The van der Waals surface area contributed by atoms with E-state index < -0.39 is 0 Å². The third-order valence-electron chi connectivity index (χ3n) is 2.09. The number of hydrogen-bond acceptors (Lipinski definition) is 2. The molecule has 0 atom stereocenters. The second kappa shape index (κ2) is 9.74. The molecule has 0 saturated carbocycles. The van der Waals surface area contributed by atoms with Crippen molar-refractivity contribution < 1.29 is 4.74 Å². The van der Waals surface area contributed by atoms with Gasteiger partial charge in [-0.2, -0.15) is 0 Å². The molecule has 0 radical (unpaired) electrons. The van der Waals surface area contributed by atoms with Gasteiger partial charge in [0.25, 0.3) is 0 Å². The number of nitrogens with two attached hydrogens (primary N) is 1. The predicted octanol–water partition coefficient (Wildman–Crippen LogP) is 2.20. The largest absolute Gasteiger partial charge is 0.380 e. The van der Waals surface area contributed by atoms with Crippen LogP contribution in [0.1, 0.15) is 12.5 Å². The minimum Gasteiger partial charge on any atom is -0.380 e. The zero-order valence-corrected chi connectivity index (χ0v) is 12.9. The van der Waals surface area contributed by atoms with E-state index in [1.165, 1.54) is 0 Å². The summed E-state index contributed by atoms with van der Waals surface area (Å²) in [4.78, 5) is 4.08. The van der Waals surface area contributed by atoms with Gasteiger partial charge < -0.3 is 15.8 Å². The number of benzene rings is 1. The van der Waals surface area contributed by atoms with Gasteiger partial charge in [0.2, 0.25) is 0 Å². The molecule has 1 rings (SSSR count). The lowest BCUT2D eigenvalue weighted by Gasteiger charge is -2.10. The number of methoxy groups -OCH3 is 1. The minimum absolute atomic E-state index is 0. The summed E-state index contributed by atoms with van der Waals surface area (Å²) in [6.45, 7) is 2.71. The fourth-order valence-corrected chi connectivity index (χ4v) is 1.30. The topological polar surface area (TPSA) is 59.6 Å². The number of rotatable bonds is 4. The van der Waals surface area contributed by atoms with Gasteiger partial charge in [0.1, 0.15) is 6.54 Å². The Hall–Kier alpha value is -1.26. The Morgan fingerprint density at radius 1 is 1.44 bits per heavy atom. The van der Waals surface area contributed by atoms with E-state index in [1.54, 1.807) is 14.0 Å². The SMILES string of the molecule is CC#CCN=C(N)Nc1ccccc1COC.I. The van der Waals surface area contributed by atoms with Crippen LogP contribution < -0.4 is 11.1 Å². The molecule has 4 nitrogen and oxygen atoms in total. The van der Waals surface area contributed by atoms with Gasteiger partial charge >= 0.3 is 0 Å². The van der Waals surface area contributed by atoms with Gasteiger partial charge in [-0.1, -0.05) is 24.1 Å². The fraction of sp³-hybridized carbons (Fsp3) is 0.308. The highest BCUT2D eigenvalue weighted by molar-refractivity contribution is 14.0. The monoisotopic (exact) mass is 359 g/mol. The van der Waals surface area contributed by atoms with Gasteiger partial charge in [0.05, 0.1) is 6.61 Å². The van der Waals surface area contributed by atoms with Crippen LogP contribution >= 0.6 is 24.0 Å². The quantitative estimate of drug-likeness (QED) is 0.375. The third kappa shape index (κ3) is 5.89. The molecule has 18 heavy (non-hydrogen) atoms. The molecule has 0 aromatic heterocycles. The Morgan fingerprint density at radius 3 is 2.83 bits per heavy atom. The van der Waals surface area contributed by atoms with E-state index >= 15 is 0 Å². The molecule has 0 saturated heterocycles. The molecule has 1 aromatic rings. The second-order valence-electron chi connectivity index (χ2n) is 3.34. The lowest BCUT2D eigenvalue weighted by molar-refractivity contribution is 0.185. The highest BCUT2D eigenvalue weighted by Crippen LogP contribution is 2.15. The van der Waals surface area contributed by atoms with Crippen LogP contribution in [0.15, 0.2) is 29.3 Å². The number of aliphatic imine (C=N–C) groups is 1. The van der Waals surface area contributed by atoms with Crippen LogP contribution in [0.25, 0.3) is 0 Å². The maximum Gasteiger partial charge on any atom is 0.194 e. The van der Waals surface area contributed by atoms with Crippen LogP contribution in [0.4, 0.5) is 5.69 Å². The summed E-state index contributed by atoms with van der Waals surface area (Å²) in [6.07, 6.45) is 0. The fourth-order valence-electron chi connectivity index (χ4n) is 1.30. The van der Waals surface area contributed by atoms with Crippen molar-refractivity contribution in [3.8, 4) is 11.8 Å². The first-order valence-electron chi connectivity index (χ1n) is 5.31. The summed E-state index contributed by atoms with van der Waals surface area (Å²) in [6, 6.07) is 7.79. The van der Waals surface area contributed by atoms with Crippen molar-refractivity contribution in [2.75, 3.05) is 19.0 Å². The highest BCUT2D eigenvalue weighted by Gasteiger charge is 2.01. The Morgan fingerprint density at radius 2 is 2.17 bits per heavy atom. The van der Waals surface area contributed by atoms with Crippen molar-refractivity contribution in [2.45, 2.75) is 13.5 Å².